The molecule has 2 aromatic carbocycles. The van der Waals surface area contributed by atoms with Crippen molar-refractivity contribution in [2.45, 2.75) is 93.5 Å². The van der Waals surface area contributed by atoms with E-state index in [0.29, 0.717) is 0 Å². The Bertz CT molecular complexity index is 1670. The number of methoxy groups -OCH3 is 1. The molecule has 19 heteroatoms. The Labute approximate surface area is 315 Å². The molecule has 0 saturated carbocycles. The van der Waals surface area contributed by atoms with Crippen LogP contribution in [0, 0.1) is 0 Å². The average Bonchev–Trinajstić information content (AvgIpc) is 3.47. The molecule has 19 nitrogen and oxygen atoms in total. The van der Waals surface area contributed by atoms with E-state index < -0.39 is 117 Å². The van der Waals surface area contributed by atoms with Crippen LogP contribution in [0.1, 0.15) is 37.3 Å². The van der Waals surface area contributed by atoms with Crippen LogP contribution in [0.2, 0.25) is 0 Å². The fourth-order valence-electron chi connectivity index (χ4n) is 7.19. The molecule has 0 radical (unpaired) electrons. The van der Waals surface area contributed by atoms with Gasteiger partial charge in [-0.1, -0.05) is 48.5 Å². The minimum atomic E-state index is -1.77. The first kappa shape index (κ1) is 41.4. The first-order chi connectivity index (χ1) is 26.3. The predicted molar refractivity (Wildman–Crippen MR) is 187 cm³/mol. The first-order valence-corrected chi connectivity index (χ1v) is 17.5. The predicted octanol–water partition coefficient (Wildman–Crippen LogP) is -1.95. The quantitative estimate of drug-likeness (QED) is 0.101. The van der Waals surface area contributed by atoms with Crippen LogP contribution in [0.25, 0.3) is 11.1 Å². The lowest BCUT2D eigenvalue weighted by molar-refractivity contribution is -0.317. The second-order valence-corrected chi connectivity index (χ2v) is 13.4. The topological polar surface area (TPSA) is 281 Å². The van der Waals surface area contributed by atoms with Gasteiger partial charge in [-0.3, -0.25) is 14.4 Å². The van der Waals surface area contributed by atoms with Crippen LogP contribution in [-0.2, 0) is 42.9 Å². The number of carboxylic acid groups (broad SMARTS) is 1. The van der Waals surface area contributed by atoms with E-state index >= 15 is 0 Å². The SMILES string of the molecule is COC1C(CO)OC(OC2C(CO)OC(NC(=O)CC(NC(=O)OCC3c4ccccc4-c4ccccc43)C(=O)O)C(NC(C)=O)C2O)C(NC(C)=O)C1O. The third kappa shape index (κ3) is 9.39. The van der Waals surface area contributed by atoms with E-state index in [1.807, 2.05) is 48.5 Å². The molecular formula is C36H46N4O15. The minimum Gasteiger partial charge on any atom is -0.480 e. The monoisotopic (exact) mass is 774 g/mol. The van der Waals surface area contributed by atoms with Gasteiger partial charge < -0.3 is 70.5 Å². The summed E-state index contributed by atoms with van der Waals surface area (Å²) in [5.74, 6) is -4.13. The van der Waals surface area contributed by atoms with Gasteiger partial charge in [-0.2, -0.15) is 0 Å². The molecule has 2 aliphatic heterocycles. The fourth-order valence-corrected chi connectivity index (χ4v) is 7.19. The molecule has 4 amide bonds. The van der Waals surface area contributed by atoms with Crippen LogP contribution in [0.4, 0.5) is 4.79 Å². The molecule has 2 heterocycles. The molecule has 2 fully saturated rings. The van der Waals surface area contributed by atoms with Gasteiger partial charge in [0.25, 0.3) is 0 Å². The lowest BCUT2D eigenvalue weighted by Crippen LogP contribution is -2.71. The number of aliphatic hydroxyl groups excluding tert-OH is 4. The maximum Gasteiger partial charge on any atom is 0.407 e. The lowest BCUT2D eigenvalue weighted by Gasteiger charge is -2.48. The molecule has 2 aromatic rings. The molecule has 1 aliphatic carbocycles. The summed E-state index contributed by atoms with van der Waals surface area (Å²) in [4.78, 5) is 62.4. The number of hydrogen-bond acceptors (Lipinski definition) is 14. The molecule has 11 unspecified atom stereocenters. The summed E-state index contributed by atoms with van der Waals surface area (Å²) in [6, 6.07) is 10.7. The highest BCUT2D eigenvalue weighted by Gasteiger charge is 2.52. The second-order valence-electron chi connectivity index (χ2n) is 13.4. The summed E-state index contributed by atoms with van der Waals surface area (Å²) in [5, 5.41) is 61.9. The smallest absolute Gasteiger partial charge is 0.407 e. The first-order valence-electron chi connectivity index (χ1n) is 17.5. The number of aliphatic hydroxyl groups is 4. The number of alkyl carbamates (subject to hydrolysis) is 1. The molecule has 0 aromatic heterocycles. The Balaban J connectivity index is 1.24. The van der Waals surface area contributed by atoms with Gasteiger partial charge in [0.15, 0.2) is 12.5 Å². The summed E-state index contributed by atoms with van der Waals surface area (Å²) in [5.41, 5.74) is 3.86. The summed E-state index contributed by atoms with van der Waals surface area (Å²) < 4.78 is 28.2. The molecule has 3 aliphatic rings. The van der Waals surface area contributed by atoms with Gasteiger partial charge >= 0.3 is 12.1 Å². The van der Waals surface area contributed by atoms with Crippen molar-refractivity contribution in [2.75, 3.05) is 26.9 Å². The van der Waals surface area contributed by atoms with Gasteiger partial charge in [0, 0.05) is 26.9 Å². The minimum absolute atomic E-state index is 0.111. The summed E-state index contributed by atoms with van der Waals surface area (Å²) in [7, 11) is 1.26. The Hall–Kier alpha value is -4.73. The molecular weight excluding hydrogens is 728 g/mol. The Morgan fingerprint density at radius 2 is 1.33 bits per heavy atom. The number of aliphatic carboxylic acids is 1. The van der Waals surface area contributed by atoms with Crippen molar-refractivity contribution in [2.24, 2.45) is 0 Å². The fraction of sp³-hybridized carbons (Fsp3) is 0.528. The zero-order valence-electron chi connectivity index (χ0n) is 30.2. The van der Waals surface area contributed by atoms with Crippen molar-refractivity contribution in [3.05, 3.63) is 59.7 Å². The molecule has 0 bridgehead atoms. The number of ether oxygens (including phenoxy) is 5. The Morgan fingerprint density at radius 1 is 0.782 bits per heavy atom. The Kier molecular flexibility index (Phi) is 13.8. The van der Waals surface area contributed by atoms with Gasteiger partial charge in [-0.15, -0.1) is 0 Å². The highest BCUT2D eigenvalue weighted by molar-refractivity contribution is 5.87. The second kappa shape index (κ2) is 18.3. The van der Waals surface area contributed by atoms with E-state index in [1.54, 1.807) is 0 Å². The van der Waals surface area contributed by atoms with Crippen LogP contribution in [0.5, 0.6) is 0 Å². The van der Waals surface area contributed by atoms with Gasteiger partial charge in [0.2, 0.25) is 17.7 Å². The van der Waals surface area contributed by atoms with Gasteiger partial charge in [-0.05, 0) is 22.3 Å². The van der Waals surface area contributed by atoms with Crippen molar-refractivity contribution >= 4 is 29.8 Å². The van der Waals surface area contributed by atoms with E-state index in [9.17, 15) is 49.5 Å². The van der Waals surface area contributed by atoms with Crippen LogP contribution >= 0.6 is 0 Å². The maximum absolute atomic E-state index is 13.2. The molecule has 55 heavy (non-hydrogen) atoms. The van der Waals surface area contributed by atoms with Crippen molar-refractivity contribution < 1.29 is 73.2 Å². The average molecular weight is 775 g/mol. The zero-order chi connectivity index (χ0) is 40.0. The number of carboxylic acids is 1. The van der Waals surface area contributed by atoms with Crippen molar-refractivity contribution in [3.8, 4) is 11.1 Å². The van der Waals surface area contributed by atoms with Crippen LogP contribution < -0.4 is 21.3 Å². The van der Waals surface area contributed by atoms with Crippen molar-refractivity contribution in [1.29, 1.82) is 0 Å². The van der Waals surface area contributed by atoms with E-state index in [1.165, 1.54) is 14.0 Å². The molecule has 2 saturated heterocycles. The molecule has 300 valence electrons. The number of benzene rings is 2. The van der Waals surface area contributed by atoms with E-state index in [-0.39, 0.29) is 12.5 Å². The maximum atomic E-state index is 13.2. The molecule has 5 rings (SSSR count). The van der Waals surface area contributed by atoms with E-state index in [2.05, 4.69) is 21.3 Å². The zero-order valence-corrected chi connectivity index (χ0v) is 30.2. The lowest BCUT2D eigenvalue weighted by atomic mass is 9.93. The summed E-state index contributed by atoms with van der Waals surface area (Å²) in [6.07, 6.45) is -13.5. The van der Waals surface area contributed by atoms with E-state index in [4.69, 9.17) is 23.7 Å². The van der Waals surface area contributed by atoms with Crippen LogP contribution in [-0.4, -0.2) is 150 Å². The highest BCUT2D eigenvalue weighted by Crippen LogP contribution is 2.44. The normalized spacial score (nSPS) is 29.2. The third-order valence-corrected chi connectivity index (χ3v) is 9.68. The van der Waals surface area contributed by atoms with Gasteiger partial charge in [0.1, 0.15) is 61.4 Å². The largest absolute Gasteiger partial charge is 0.480 e. The number of fused-ring (bicyclic) bond motifs is 3. The number of rotatable bonds is 14. The number of carbonyl (C=O) groups is 5. The number of carbonyl (C=O) groups excluding carboxylic acids is 4. The van der Waals surface area contributed by atoms with Crippen molar-refractivity contribution in [3.63, 3.8) is 0 Å². The van der Waals surface area contributed by atoms with Crippen LogP contribution in [0.15, 0.2) is 48.5 Å². The van der Waals surface area contributed by atoms with Gasteiger partial charge in [0.05, 0.1) is 19.6 Å². The molecule has 0 spiro atoms. The number of nitrogens with one attached hydrogen (secondary N) is 4. The summed E-state index contributed by atoms with van der Waals surface area (Å²) >= 11 is 0. The number of hydrogen-bond donors (Lipinski definition) is 9. The summed E-state index contributed by atoms with van der Waals surface area (Å²) in [6.45, 7) is 0.710. The molecule has 11 atom stereocenters. The molecule has 9 N–H and O–H groups in total. The number of amides is 4. The van der Waals surface area contributed by atoms with E-state index in [0.717, 1.165) is 29.2 Å². The third-order valence-electron chi connectivity index (χ3n) is 9.68. The Morgan fingerprint density at radius 3 is 1.87 bits per heavy atom. The van der Waals surface area contributed by atoms with Crippen molar-refractivity contribution in [1.82, 2.24) is 21.3 Å². The highest BCUT2D eigenvalue weighted by atomic mass is 16.7. The van der Waals surface area contributed by atoms with Gasteiger partial charge in [-0.25, -0.2) is 9.59 Å². The standard InChI is InChI=1S/C36H46N4O15/c1-16(43)37-27-29(46)32(55-35-28(38-17(2)44)30(47)31(51-3)24(13-41)54-35)25(14-42)53-33(27)40-26(45)12-23(34(48)49)39-36(50)52-15-22-20-10-6-4-8-18(20)19-9-5-7-11-21(19)22/h4-11,22-25,27-33,35,41-42,46-47H,12-15H2,1-3H3,(H,37,43)(H,38,44)(H,39,50)(H,40,45)(H,48,49). The van der Waals surface area contributed by atoms with Crippen LogP contribution in [0.3, 0.4) is 0 Å².